The number of rotatable bonds is 5. The first-order chi connectivity index (χ1) is 5.63. The highest BCUT2D eigenvalue weighted by atomic mass is 32.2. The van der Waals surface area contributed by atoms with Gasteiger partial charge in [-0.2, -0.15) is 0 Å². The zero-order valence-electron chi connectivity index (χ0n) is 7.13. The monoisotopic (exact) mass is 190 g/mol. The second-order valence-corrected chi connectivity index (χ2v) is 3.40. The molecule has 0 aliphatic heterocycles. The number of ether oxygens (including phenoxy) is 1. The van der Waals surface area contributed by atoms with Crippen molar-refractivity contribution in [3.63, 3.8) is 0 Å². The van der Waals surface area contributed by atoms with Gasteiger partial charge in [-0.3, -0.25) is 10.2 Å². The first-order valence-electron chi connectivity index (χ1n) is 3.73. The number of unbranched alkanes of at least 4 members (excludes halogenated alkanes) is 1. The lowest BCUT2D eigenvalue weighted by molar-refractivity contribution is -0.141. The fraction of sp³-hybridized carbons (Fsp3) is 0.714. The molecular weight excluding hydrogens is 176 g/mol. The van der Waals surface area contributed by atoms with E-state index in [2.05, 4.69) is 0 Å². The number of nitrogens with two attached hydrogens (primary N) is 1. The Kier molecular flexibility index (Phi) is 6.55. The summed E-state index contributed by atoms with van der Waals surface area (Å²) in [5.41, 5.74) is 5.12. The molecule has 0 radical (unpaired) electrons. The van der Waals surface area contributed by atoms with Crippen molar-refractivity contribution in [2.45, 2.75) is 19.8 Å². The number of hydrogen-bond donors (Lipinski definition) is 2. The average molecular weight is 190 g/mol. The van der Waals surface area contributed by atoms with E-state index in [0.717, 1.165) is 18.6 Å². The average Bonchev–Trinajstić information content (AvgIpc) is 1.95. The fourth-order valence-corrected chi connectivity index (χ4v) is 1.17. The van der Waals surface area contributed by atoms with Gasteiger partial charge in [-0.15, -0.1) is 0 Å². The molecule has 0 spiro atoms. The van der Waals surface area contributed by atoms with Gasteiger partial charge in [-0.1, -0.05) is 11.8 Å². The minimum atomic E-state index is -0.241. The van der Waals surface area contributed by atoms with Crippen LogP contribution in [0.3, 0.4) is 0 Å². The third-order valence-corrected chi connectivity index (χ3v) is 1.91. The highest BCUT2D eigenvalue weighted by molar-refractivity contribution is 8.13. The fourth-order valence-electron chi connectivity index (χ4n) is 0.602. The van der Waals surface area contributed by atoms with Gasteiger partial charge in [0.1, 0.15) is 0 Å². The first kappa shape index (κ1) is 11.3. The van der Waals surface area contributed by atoms with Crippen LogP contribution in [0.5, 0.6) is 0 Å². The molecule has 0 unspecified atom stereocenters. The molecule has 0 fully saturated rings. The Morgan fingerprint density at radius 2 is 2.25 bits per heavy atom. The van der Waals surface area contributed by atoms with Crippen molar-refractivity contribution in [2.75, 3.05) is 12.4 Å². The lowest BCUT2D eigenvalue weighted by Crippen LogP contribution is -2.05. The van der Waals surface area contributed by atoms with Crippen LogP contribution in [-0.4, -0.2) is 23.5 Å². The van der Waals surface area contributed by atoms with Gasteiger partial charge in [0.15, 0.2) is 5.17 Å². The maximum absolute atomic E-state index is 10.3. The topological polar surface area (TPSA) is 76.2 Å². The molecule has 0 aromatic heterocycles. The Morgan fingerprint density at radius 1 is 1.58 bits per heavy atom. The van der Waals surface area contributed by atoms with Crippen molar-refractivity contribution < 1.29 is 9.53 Å². The van der Waals surface area contributed by atoms with E-state index in [1.165, 1.54) is 18.7 Å². The maximum Gasteiger partial charge on any atom is 0.302 e. The van der Waals surface area contributed by atoms with E-state index < -0.39 is 0 Å². The summed E-state index contributed by atoms with van der Waals surface area (Å²) < 4.78 is 4.72. The van der Waals surface area contributed by atoms with Gasteiger partial charge in [0, 0.05) is 12.7 Å². The molecule has 0 atom stereocenters. The van der Waals surface area contributed by atoms with Crippen LogP contribution >= 0.6 is 11.8 Å². The molecule has 0 heterocycles. The summed E-state index contributed by atoms with van der Waals surface area (Å²) in [4.78, 5) is 10.3. The third-order valence-electron chi connectivity index (χ3n) is 1.10. The Bertz CT molecular complexity index is 143. The molecular formula is C7H14N2O2S. The molecule has 0 aliphatic rings. The number of carbonyl (C=O) groups excluding carboxylic acids is 1. The number of amidine groups is 1. The van der Waals surface area contributed by atoms with Crippen LogP contribution in [0.2, 0.25) is 0 Å². The van der Waals surface area contributed by atoms with E-state index in [-0.39, 0.29) is 11.1 Å². The zero-order chi connectivity index (χ0) is 9.40. The lowest BCUT2D eigenvalue weighted by atomic mass is 10.4. The van der Waals surface area contributed by atoms with Gasteiger partial charge >= 0.3 is 5.97 Å². The van der Waals surface area contributed by atoms with E-state index in [1.54, 1.807) is 0 Å². The van der Waals surface area contributed by atoms with E-state index in [0.29, 0.717) is 6.61 Å². The molecule has 0 aromatic carbocycles. The molecule has 0 rings (SSSR count). The third kappa shape index (κ3) is 9.29. The minimum Gasteiger partial charge on any atom is -0.466 e. The molecule has 70 valence electrons. The summed E-state index contributed by atoms with van der Waals surface area (Å²) in [5.74, 6) is 0.575. The van der Waals surface area contributed by atoms with E-state index in [9.17, 15) is 4.79 Å². The summed E-state index contributed by atoms with van der Waals surface area (Å²) in [5, 5.41) is 7.04. The van der Waals surface area contributed by atoms with Gasteiger partial charge in [0.2, 0.25) is 0 Å². The molecule has 0 saturated heterocycles. The van der Waals surface area contributed by atoms with Crippen LogP contribution in [0.4, 0.5) is 0 Å². The minimum absolute atomic E-state index is 0.141. The predicted molar refractivity (Wildman–Crippen MR) is 50.2 cm³/mol. The van der Waals surface area contributed by atoms with Gasteiger partial charge in [0.25, 0.3) is 0 Å². The van der Waals surface area contributed by atoms with E-state index in [1.807, 2.05) is 0 Å². The number of hydrogen-bond acceptors (Lipinski definition) is 4. The van der Waals surface area contributed by atoms with Crippen LogP contribution in [0.1, 0.15) is 19.8 Å². The number of thioether (sulfide) groups is 1. The van der Waals surface area contributed by atoms with E-state index in [4.69, 9.17) is 15.9 Å². The summed E-state index contributed by atoms with van der Waals surface area (Å²) in [6, 6.07) is 0. The molecule has 4 nitrogen and oxygen atoms in total. The quantitative estimate of drug-likeness (QED) is 0.293. The van der Waals surface area contributed by atoms with Crippen molar-refractivity contribution in [2.24, 2.45) is 5.73 Å². The molecule has 0 aliphatic carbocycles. The lowest BCUT2D eigenvalue weighted by Gasteiger charge is -2.00. The van der Waals surface area contributed by atoms with Gasteiger partial charge in [-0.25, -0.2) is 0 Å². The van der Waals surface area contributed by atoms with Crippen LogP contribution in [0.15, 0.2) is 0 Å². The summed E-state index contributed by atoms with van der Waals surface area (Å²) in [6.07, 6.45) is 1.75. The zero-order valence-corrected chi connectivity index (χ0v) is 7.95. The molecule has 5 heteroatoms. The highest BCUT2D eigenvalue weighted by Gasteiger charge is 1.94. The van der Waals surface area contributed by atoms with Crippen molar-refractivity contribution >= 4 is 22.9 Å². The molecule has 3 N–H and O–H groups in total. The largest absolute Gasteiger partial charge is 0.466 e. The summed E-state index contributed by atoms with van der Waals surface area (Å²) >= 11 is 1.31. The van der Waals surface area contributed by atoms with Crippen LogP contribution in [-0.2, 0) is 9.53 Å². The van der Waals surface area contributed by atoms with Crippen LogP contribution < -0.4 is 5.73 Å². The van der Waals surface area contributed by atoms with Crippen molar-refractivity contribution in [1.29, 1.82) is 5.41 Å². The Hall–Kier alpha value is -0.710. The van der Waals surface area contributed by atoms with Crippen LogP contribution in [0.25, 0.3) is 0 Å². The summed E-state index contributed by atoms with van der Waals surface area (Å²) in [6.45, 7) is 1.86. The van der Waals surface area contributed by atoms with Crippen molar-refractivity contribution in [3.05, 3.63) is 0 Å². The SMILES string of the molecule is CC(=O)OCCCCSC(=N)N. The van der Waals surface area contributed by atoms with Gasteiger partial charge in [0.05, 0.1) is 6.61 Å². The normalized spacial score (nSPS) is 9.42. The first-order valence-corrected chi connectivity index (χ1v) is 4.71. The number of esters is 1. The molecule has 12 heavy (non-hydrogen) atoms. The molecule has 0 aromatic rings. The standard InChI is InChI=1S/C7H14N2O2S/c1-6(10)11-4-2-3-5-12-7(8)9/h2-5H2,1H3,(H3,8,9). The van der Waals surface area contributed by atoms with Gasteiger partial charge in [-0.05, 0) is 12.8 Å². The van der Waals surface area contributed by atoms with Crippen molar-refractivity contribution in [1.82, 2.24) is 0 Å². The predicted octanol–water partition coefficient (Wildman–Crippen LogP) is 0.956. The number of nitrogens with one attached hydrogen (secondary N) is 1. The second-order valence-electron chi connectivity index (χ2n) is 2.26. The Labute approximate surface area is 76.4 Å². The Balaban J connectivity index is 3.01. The van der Waals surface area contributed by atoms with Crippen molar-refractivity contribution in [3.8, 4) is 0 Å². The maximum atomic E-state index is 10.3. The van der Waals surface area contributed by atoms with E-state index >= 15 is 0 Å². The van der Waals surface area contributed by atoms with Gasteiger partial charge < -0.3 is 10.5 Å². The molecule has 0 amide bonds. The molecule has 0 bridgehead atoms. The summed E-state index contributed by atoms with van der Waals surface area (Å²) in [7, 11) is 0. The molecule has 0 saturated carbocycles. The Morgan fingerprint density at radius 3 is 2.75 bits per heavy atom. The highest BCUT2D eigenvalue weighted by Crippen LogP contribution is 2.02. The second kappa shape index (κ2) is 6.97. The number of carbonyl (C=O) groups is 1. The van der Waals surface area contributed by atoms with Crippen LogP contribution in [0, 0.1) is 5.41 Å². The smallest absolute Gasteiger partial charge is 0.302 e.